The van der Waals surface area contributed by atoms with Crippen LogP contribution in [-0.4, -0.2) is 35.7 Å². The third kappa shape index (κ3) is 5.36. The molecule has 8 heteroatoms. The lowest BCUT2D eigenvalue weighted by Crippen LogP contribution is -2.40. The Balaban J connectivity index is 1.44. The van der Waals surface area contributed by atoms with Crippen molar-refractivity contribution < 1.29 is 24.2 Å². The summed E-state index contributed by atoms with van der Waals surface area (Å²) in [6.45, 7) is 0.146. The van der Waals surface area contributed by atoms with Crippen molar-refractivity contribution in [3.63, 3.8) is 0 Å². The van der Waals surface area contributed by atoms with Gasteiger partial charge < -0.3 is 15.2 Å². The van der Waals surface area contributed by atoms with Crippen LogP contribution in [0.25, 0.3) is 11.1 Å². The number of fused-ring (bicyclic) bond motifs is 3. The van der Waals surface area contributed by atoms with Gasteiger partial charge in [-0.1, -0.05) is 64.5 Å². The number of anilines is 1. The molecule has 4 rings (SSSR count). The maximum absolute atomic E-state index is 12.6. The molecule has 176 valence electrons. The number of carbonyl (C=O) groups excluding carboxylic acids is 2. The van der Waals surface area contributed by atoms with Crippen LogP contribution < -0.4 is 10.6 Å². The topological polar surface area (TPSA) is 105 Å². The number of carboxylic acid groups (broad SMARTS) is 1. The summed E-state index contributed by atoms with van der Waals surface area (Å²) >= 11 is 3.31. The first kappa shape index (κ1) is 24.0. The van der Waals surface area contributed by atoms with E-state index in [2.05, 4.69) is 44.6 Å². The number of ether oxygens (including phenoxy) is 1. The lowest BCUT2D eigenvalue weighted by atomic mass is 9.98. The summed E-state index contributed by atoms with van der Waals surface area (Å²) in [5, 5.41) is 14.2. The van der Waals surface area contributed by atoms with Gasteiger partial charge in [0, 0.05) is 28.1 Å². The second-order valence-electron chi connectivity index (χ2n) is 7.95. The number of hydrogen-bond donors (Lipinski definition) is 3. The van der Waals surface area contributed by atoms with Crippen LogP contribution in [0, 0.1) is 12.3 Å². The quantitative estimate of drug-likeness (QED) is 0.370. The van der Waals surface area contributed by atoms with Crippen LogP contribution in [0.1, 0.15) is 33.8 Å². The van der Waals surface area contributed by atoms with Crippen molar-refractivity contribution >= 4 is 39.6 Å². The van der Waals surface area contributed by atoms with Crippen LogP contribution in [-0.2, 0) is 9.53 Å². The fourth-order valence-electron chi connectivity index (χ4n) is 4.10. The number of nitrogens with one attached hydrogen (secondary N) is 2. The number of carbonyl (C=O) groups is 3. The first-order valence-corrected chi connectivity index (χ1v) is 11.6. The van der Waals surface area contributed by atoms with E-state index in [0.717, 1.165) is 22.3 Å². The zero-order chi connectivity index (χ0) is 24.9. The third-order valence-electron chi connectivity index (χ3n) is 5.68. The fraction of sp³-hybridized carbons (Fsp3) is 0.148. The SMILES string of the molecule is C#CCC(NC(=O)c1cc(Br)cc(NC(=O)OCC2c3ccccc3-c3ccccc32)c1)C(=O)O. The predicted molar refractivity (Wildman–Crippen MR) is 135 cm³/mol. The second-order valence-corrected chi connectivity index (χ2v) is 8.87. The van der Waals surface area contributed by atoms with E-state index in [4.69, 9.17) is 11.2 Å². The Hall–Kier alpha value is -4.09. The Bertz CT molecular complexity index is 1300. The molecule has 0 radical (unpaired) electrons. The number of aliphatic carboxylic acids is 1. The van der Waals surface area contributed by atoms with E-state index in [1.807, 2.05) is 36.4 Å². The summed E-state index contributed by atoms with van der Waals surface area (Å²) in [5.74, 6) is 0.276. The molecule has 0 fully saturated rings. The number of halogens is 1. The summed E-state index contributed by atoms with van der Waals surface area (Å²) in [6.07, 6.45) is 4.35. The van der Waals surface area contributed by atoms with Crippen LogP contribution in [0.4, 0.5) is 10.5 Å². The number of benzene rings is 3. The maximum Gasteiger partial charge on any atom is 0.411 e. The lowest BCUT2D eigenvalue weighted by Gasteiger charge is -2.15. The van der Waals surface area contributed by atoms with Crippen molar-refractivity contribution in [2.75, 3.05) is 11.9 Å². The summed E-state index contributed by atoms with van der Waals surface area (Å²) in [4.78, 5) is 36.4. The molecular weight excluding hydrogens is 512 g/mol. The normalized spacial score (nSPS) is 12.6. The van der Waals surface area contributed by atoms with Gasteiger partial charge in [0.1, 0.15) is 12.6 Å². The van der Waals surface area contributed by atoms with Crippen molar-refractivity contribution in [1.29, 1.82) is 0 Å². The molecule has 1 aliphatic carbocycles. The van der Waals surface area contributed by atoms with E-state index in [9.17, 15) is 19.5 Å². The van der Waals surface area contributed by atoms with E-state index in [0.29, 0.717) is 10.2 Å². The summed E-state index contributed by atoms with van der Waals surface area (Å²) in [6, 6.07) is 19.4. The van der Waals surface area contributed by atoms with Gasteiger partial charge in [-0.25, -0.2) is 9.59 Å². The van der Waals surface area contributed by atoms with Gasteiger partial charge in [0.2, 0.25) is 0 Å². The van der Waals surface area contributed by atoms with Gasteiger partial charge in [-0.15, -0.1) is 12.3 Å². The molecule has 0 bridgehead atoms. The average molecular weight is 533 g/mol. The molecule has 1 aliphatic rings. The molecule has 0 heterocycles. The highest BCUT2D eigenvalue weighted by atomic mass is 79.9. The van der Waals surface area contributed by atoms with Crippen LogP contribution in [0.2, 0.25) is 0 Å². The molecule has 0 spiro atoms. The van der Waals surface area contributed by atoms with Crippen LogP contribution >= 0.6 is 15.9 Å². The molecule has 35 heavy (non-hydrogen) atoms. The van der Waals surface area contributed by atoms with Crippen LogP contribution in [0.5, 0.6) is 0 Å². The molecule has 1 unspecified atom stereocenters. The van der Waals surface area contributed by atoms with Crippen molar-refractivity contribution in [3.05, 3.63) is 87.9 Å². The monoisotopic (exact) mass is 532 g/mol. The van der Waals surface area contributed by atoms with Gasteiger partial charge in [0.25, 0.3) is 5.91 Å². The van der Waals surface area contributed by atoms with E-state index < -0.39 is 24.0 Å². The first-order valence-electron chi connectivity index (χ1n) is 10.8. The number of carboxylic acids is 1. The zero-order valence-corrected chi connectivity index (χ0v) is 20.0. The summed E-state index contributed by atoms with van der Waals surface area (Å²) < 4.78 is 6.06. The number of terminal acetylenes is 1. The van der Waals surface area contributed by atoms with Crippen LogP contribution in [0.15, 0.2) is 71.2 Å². The van der Waals surface area contributed by atoms with Gasteiger partial charge in [-0.2, -0.15) is 0 Å². The van der Waals surface area contributed by atoms with E-state index in [-0.39, 0.29) is 24.5 Å². The predicted octanol–water partition coefficient (Wildman–Crippen LogP) is 5.02. The number of hydrogen-bond acceptors (Lipinski definition) is 4. The van der Waals surface area contributed by atoms with Gasteiger partial charge in [0.05, 0.1) is 0 Å². The van der Waals surface area contributed by atoms with Crippen molar-refractivity contribution in [3.8, 4) is 23.5 Å². The molecule has 0 aromatic heterocycles. The molecule has 0 aliphatic heterocycles. The minimum Gasteiger partial charge on any atom is -0.480 e. The Morgan fingerprint density at radius 3 is 2.26 bits per heavy atom. The molecule has 0 saturated heterocycles. The summed E-state index contributed by atoms with van der Waals surface area (Å²) in [7, 11) is 0. The highest BCUT2D eigenvalue weighted by molar-refractivity contribution is 9.10. The third-order valence-corrected chi connectivity index (χ3v) is 6.13. The molecule has 3 aromatic carbocycles. The number of amides is 2. The van der Waals surface area contributed by atoms with Crippen molar-refractivity contribution in [1.82, 2.24) is 5.32 Å². The Morgan fingerprint density at radius 2 is 1.66 bits per heavy atom. The highest BCUT2D eigenvalue weighted by Gasteiger charge is 2.29. The molecule has 0 saturated carbocycles. The summed E-state index contributed by atoms with van der Waals surface area (Å²) in [5.41, 5.74) is 4.92. The molecule has 7 nitrogen and oxygen atoms in total. The highest BCUT2D eigenvalue weighted by Crippen LogP contribution is 2.44. The molecule has 2 amide bonds. The molecular formula is C27H21BrN2O5. The van der Waals surface area contributed by atoms with Gasteiger partial charge >= 0.3 is 12.1 Å². The maximum atomic E-state index is 12.6. The minimum absolute atomic E-state index is 0.0823. The van der Waals surface area contributed by atoms with Gasteiger partial charge in [0.15, 0.2) is 0 Å². The minimum atomic E-state index is -1.23. The van der Waals surface area contributed by atoms with E-state index >= 15 is 0 Å². The van der Waals surface area contributed by atoms with E-state index in [1.54, 1.807) is 6.07 Å². The smallest absolute Gasteiger partial charge is 0.411 e. The fourth-order valence-corrected chi connectivity index (χ4v) is 4.60. The molecule has 3 N–H and O–H groups in total. The average Bonchev–Trinajstić information content (AvgIpc) is 3.15. The Morgan fingerprint density at radius 1 is 1.03 bits per heavy atom. The Labute approximate surface area is 210 Å². The van der Waals surface area contributed by atoms with E-state index in [1.165, 1.54) is 12.1 Å². The molecule has 3 aromatic rings. The van der Waals surface area contributed by atoms with Gasteiger partial charge in [-0.05, 0) is 40.5 Å². The largest absolute Gasteiger partial charge is 0.480 e. The number of rotatable bonds is 7. The second kappa shape index (κ2) is 10.5. The first-order chi connectivity index (χ1) is 16.9. The lowest BCUT2D eigenvalue weighted by molar-refractivity contribution is -0.139. The van der Waals surface area contributed by atoms with Gasteiger partial charge in [-0.3, -0.25) is 10.1 Å². The van der Waals surface area contributed by atoms with Crippen molar-refractivity contribution in [2.45, 2.75) is 18.4 Å². The van der Waals surface area contributed by atoms with Crippen LogP contribution in [0.3, 0.4) is 0 Å². The zero-order valence-electron chi connectivity index (χ0n) is 18.5. The van der Waals surface area contributed by atoms with Crippen molar-refractivity contribution in [2.24, 2.45) is 0 Å². The molecule has 1 atom stereocenters. The standard InChI is InChI=1S/C27H21BrN2O5/c1-2-7-24(26(32)33)30-25(31)16-12-17(28)14-18(13-16)29-27(34)35-15-23-21-10-5-3-8-19(21)20-9-4-6-11-22(20)23/h1,3-6,8-14,23-24H,7,15H2,(H,29,34)(H,30,31)(H,32,33). The Kier molecular flexibility index (Phi) is 7.18.